The van der Waals surface area contributed by atoms with Gasteiger partial charge in [-0.3, -0.25) is 4.79 Å². The van der Waals surface area contributed by atoms with E-state index in [1.54, 1.807) is 0 Å². The topological polar surface area (TPSA) is 50.6 Å². The number of rotatable bonds is 3. The van der Waals surface area contributed by atoms with Gasteiger partial charge in [-0.05, 0) is 54.0 Å². The number of pyridine rings is 1. The summed E-state index contributed by atoms with van der Waals surface area (Å²) in [6.45, 7) is 3.91. The van der Waals surface area contributed by atoms with E-state index in [-0.39, 0.29) is 11.8 Å². The molecule has 3 aromatic rings. The number of carbonyl (C=O) groups is 1. The van der Waals surface area contributed by atoms with Gasteiger partial charge in [-0.25, -0.2) is 4.98 Å². The average molecular weight is 470 g/mol. The number of nitrogens with zero attached hydrogens (tertiary/aromatic N) is 4. The van der Waals surface area contributed by atoms with Gasteiger partial charge in [0.2, 0.25) is 0 Å². The lowest BCUT2D eigenvalue weighted by molar-refractivity contribution is -0.137. The Labute approximate surface area is 194 Å². The van der Waals surface area contributed by atoms with Crippen LogP contribution in [-0.4, -0.2) is 59.8 Å². The van der Waals surface area contributed by atoms with Crippen LogP contribution in [0.3, 0.4) is 0 Å². The monoisotopic (exact) mass is 470 g/mol. The molecule has 178 valence electrons. The molecule has 3 aliphatic heterocycles. The van der Waals surface area contributed by atoms with Gasteiger partial charge in [0.1, 0.15) is 5.82 Å². The molecule has 0 N–H and O–H groups in total. The molecular weight excluding hydrogens is 445 g/mol. The van der Waals surface area contributed by atoms with Gasteiger partial charge in [0.05, 0.1) is 24.8 Å². The highest BCUT2D eigenvalue weighted by molar-refractivity contribution is 5.98. The summed E-state index contributed by atoms with van der Waals surface area (Å²) in [7, 11) is 0. The summed E-state index contributed by atoms with van der Waals surface area (Å²) in [5.41, 5.74) is 1.02. The SMILES string of the molecule is O=C(c1ccc2ccn(C3COC3)c2c1)N1CCC2CN(c3cc(C(F)(F)F)ccn3)CC2C1. The highest BCUT2D eigenvalue weighted by atomic mass is 19.4. The molecule has 1 aromatic carbocycles. The number of anilines is 1. The van der Waals surface area contributed by atoms with Crippen LogP contribution >= 0.6 is 0 Å². The smallest absolute Gasteiger partial charge is 0.377 e. The summed E-state index contributed by atoms with van der Waals surface area (Å²) in [6.07, 6.45) is -0.284. The number of hydrogen-bond donors (Lipinski definition) is 0. The van der Waals surface area contributed by atoms with Gasteiger partial charge in [-0.1, -0.05) is 6.07 Å². The lowest BCUT2D eigenvalue weighted by Gasteiger charge is -2.34. The third kappa shape index (κ3) is 3.72. The normalized spacial score (nSPS) is 23.3. The minimum absolute atomic E-state index is 0.00797. The molecule has 5 heterocycles. The summed E-state index contributed by atoms with van der Waals surface area (Å²) in [4.78, 5) is 21.4. The molecule has 2 atom stereocenters. The van der Waals surface area contributed by atoms with Crippen LogP contribution in [0.25, 0.3) is 10.9 Å². The second-order valence-corrected chi connectivity index (χ2v) is 9.55. The minimum atomic E-state index is -4.39. The molecular formula is C25H25F3N4O2. The van der Waals surface area contributed by atoms with E-state index < -0.39 is 11.7 Å². The van der Waals surface area contributed by atoms with Gasteiger partial charge >= 0.3 is 6.18 Å². The van der Waals surface area contributed by atoms with Crippen molar-refractivity contribution in [2.24, 2.45) is 11.8 Å². The van der Waals surface area contributed by atoms with Crippen molar-refractivity contribution in [2.75, 3.05) is 44.3 Å². The first-order chi connectivity index (χ1) is 16.4. The lowest BCUT2D eigenvalue weighted by atomic mass is 9.88. The number of aromatic nitrogens is 2. The number of fused-ring (bicyclic) bond motifs is 2. The van der Waals surface area contributed by atoms with Gasteiger partial charge < -0.3 is 19.1 Å². The standard InChI is InChI=1S/C25H25F3N4O2/c26-25(27,28)20-3-6-29-23(10-20)31-11-18-4-7-30(12-19(18)13-31)24(33)17-2-1-16-5-8-32(22(16)9-17)21-14-34-15-21/h1-3,5-6,8-10,18-19,21H,4,7,11-15H2. The molecule has 0 spiro atoms. The number of alkyl halides is 3. The van der Waals surface area contributed by atoms with Crippen molar-refractivity contribution in [3.8, 4) is 0 Å². The zero-order valence-electron chi connectivity index (χ0n) is 18.5. The van der Waals surface area contributed by atoms with Crippen molar-refractivity contribution in [3.05, 3.63) is 59.9 Å². The number of hydrogen-bond acceptors (Lipinski definition) is 4. The van der Waals surface area contributed by atoms with Crippen LogP contribution in [0.15, 0.2) is 48.8 Å². The predicted octanol–water partition coefficient (Wildman–Crippen LogP) is 4.22. The molecule has 0 saturated carbocycles. The fourth-order valence-corrected chi connectivity index (χ4v) is 5.47. The highest BCUT2D eigenvalue weighted by Crippen LogP contribution is 2.36. The molecule has 6 nitrogen and oxygen atoms in total. The number of likely N-dealkylation sites (tertiary alicyclic amines) is 1. The Balaban J connectivity index is 1.17. The highest BCUT2D eigenvalue weighted by Gasteiger charge is 2.40. The van der Waals surface area contributed by atoms with Gasteiger partial charge in [0.15, 0.2) is 0 Å². The van der Waals surface area contributed by atoms with E-state index in [4.69, 9.17) is 4.74 Å². The minimum Gasteiger partial charge on any atom is -0.377 e. The molecule has 6 rings (SSSR count). The van der Waals surface area contributed by atoms with Crippen molar-refractivity contribution in [3.63, 3.8) is 0 Å². The fraction of sp³-hybridized carbons (Fsp3) is 0.440. The van der Waals surface area contributed by atoms with E-state index in [2.05, 4.69) is 15.6 Å². The van der Waals surface area contributed by atoms with Crippen LogP contribution in [0, 0.1) is 11.8 Å². The third-order valence-corrected chi connectivity index (χ3v) is 7.47. The van der Waals surface area contributed by atoms with E-state index in [1.165, 1.54) is 6.20 Å². The first kappa shape index (κ1) is 21.5. The van der Waals surface area contributed by atoms with Crippen LogP contribution < -0.4 is 4.90 Å². The molecule has 0 aliphatic carbocycles. The number of benzene rings is 1. The maximum atomic E-state index is 13.4. The van der Waals surface area contributed by atoms with Crippen LogP contribution in [0.5, 0.6) is 0 Å². The molecule has 3 aliphatic rings. The van der Waals surface area contributed by atoms with Gasteiger partial charge in [-0.15, -0.1) is 0 Å². The van der Waals surface area contributed by atoms with E-state index >= 15 is 0 Å². The average Bonchev–Trinajstić information content (AvgIpc) is 3.41. The summed E-state index contributed by atoms with van der Waals surface area (Å²) in [5, 5.41) is 1.10. The second kappa shape index (κ2) is 8.01. The Morgan fingerprint density at radius 3 is 2.62 bits per heavy atom. The summed E-state index contributed by atoms with van der Waals surface area (Å²) in [6, 6.07) is 10.3. The van der Waals surface area contributed by atoms with Gasteiger partial charge in [-0.2, -0.15) is 13.2 Å². The second-order valence-electron chi connectivity index (χ2n) is 9.55. The number of halogens is 3. The predicted molar refractivity (Wildman–Crippen MR) is 121 cm³/mol. The molecule has 2 unspecified atom stereocenters. The first-order valence-corrected chi connectivity index (χ1v) is 11.6. The largest absolute Gasteiger partial charge is 0.416 e. The first-order valence-electron chi connectivity index (χ1n) is 11.6. The van der Waals surface area contributed by atoms with E-state index in [0.29, 0.717) is 62.7 Å². The number of piperidine rings is 1. The molecule has 3 saturated heterocycles. The molecule has 0 radical (unpaired) electrons. The van der Waals surface area contributed by atoms with Crippen molar-refractivity contribution in [1.82, 2.24) is 14.5 Å². The fourth-order valence-electron chi connectivity index (χ4n) is 5.47. The zero-order valence-corrected chi connectivity index (χ0v) is 18.5. The molecule has 1 amide bonds. The number of amides is 1. The Hall–Kier alpha value is -3.07. The Morgan fingerprint density at radius 1 is 1.03 bits per heavy atom. The number of carbonyl (C=O) groups excluding carboxylic acids is 1. The van der Waals surface area contributed by atoms with Gasteiger partial charge in [0.25, 0.3) is 5.91 Å². The zero-order chi connectivity index (χ0) is 23.4. The van der Waals surface area contributed by atoms with Crippen molar-refractivity contribution in [2.45, 2.75) is 18.6 Å². The quantitative estimate of drug-likeness (QED) is 0.575. The van der Waals surface area contributed by atoms with Crippen LogP contribution in [0.4, 0.5) is 19.0 Å². The van der Waals surface area contributed by atoms with Crippen LogP contribution in [0.1, 0.15) is 28.4 Å². The van der Waals surface area contributed by atoms with E-state index in [1.807, 2.05) is 34.2 Å². The molecule has 3 fully saturated rings. The Morgan fingerprint density at radius 2 is 1.85 bits per heavy atom. The molecule has 0 bridgehead atoms. The van der Waals surface area contributed by atoms with Crippen LogP contribution in [-0.2, 0) is 10.9 Å². The van der Waals surface area contributed by atoms with Crippen molar-refractivity contribution in [1.29, 1.82) is 0 Å². The van der Waals surface area contributed by atoms with Crippen LogP contribution in [0.2, 0.25) is 0 Å². The molecule has 2 aromatic heterocycles. The summed E-state index contributed by atoms with van der Waals surface area (Å²) in [5.74, 6) is 0.925. The maximum Gasteiger partial charge on any atom is 0.416 e. The van der Waals surface area contributed by atoms with E-state index in [0.717, 1.165) is 29.5 Å². The molecule has 34 heavy (non-hydrogen) atoms. The third-order valence-electron chi connectivity index (χ3n) is 7.47. The Kier molecular flexibility index (Phi) is 5.05. The maximum absolute atomic E-state index is 13.4. The summed E-state index contributed by atoms with van der Waals surface area (Å²) >= 11 is 0. The van der Waals surface area contributed by atoms with Crippen molar-refractivity contribution < 1.29 is 22.7 Å². The summed E-state index contributed by atoms with van der Waals surface area (Å²) < 4.78 is 46.9. The number of ether oxygens (including phenoxy) is 1. The van der Waals surface area contributed by atoms with Gasteiger partial charge in [0, 0.05) is 49.7 Å². The van der Waals surface area contributed by atoms with Crippen molar-refractivity contribution >= 4 is 22.6 Å². The lowest BCUT2D eigenvalue weighted by Crippen LogP contribution is -2.43. The molecule has 9 heteroatoms. The van der Waals surface area contributed by atoms with E-state index in [9.17, 15) is 18.0 Å². The Bertz CT molecular complexity index is 1240.